The van der Waals surface area contributed by atoms with Gasteiger partial charge < -0.3 is 19.6 Å². The molecule has 3 aromatic rings. The Bertz CT molecular complexity index is 1080. The predicted molar refractivity (Wildman–Crippen MR) is 110 cm³/mol. The highest BCUT2D eigenvalue weighted by atomic mass is 32.1. The van der Waals surface area contributed by atoms with Crippen LogP contribution in [-0.4, -0.2) is 22.5 Å². The van der Waals surface area contributed by atoms with Gasteiger partial charge in [0.15, 0.2) is 0 Å². The van der Waals surface area contributed by atoms with Crippen molar-refractivity contribution in [3.8, 4) is 5.75 Å². The molecule has 0 aliphatic rings. The van der Waals surface area contributed by atoms with Gasteiger partial charge in [-0.1, -0.05) is 32.1 Å². The van der Waals surface area contributed by atoms with Gasteiger partial charge in [0.2, 0.25) is 0 Å². The number of aryl methyl sites for hydroxylation is 1. The number of aromatic nitrogens is 2. The number of fused-ring (bicyclic) bond motifs is 1. The summed E-state index contributed by atoms with van der Waals surface area (Å²) in [4.78, 5) is 30.9. The summed E-state index contributed by atoms with van der Waals surface area (Å²) >= 11 is 0.950. The van der Waals surface area contributed by atoms with Crippen molar-refractivity contribution in [2.75, 3.05) is 6.61 Å². The Kier molecular flexibility index (Phi) is 5.94. The molecule has 1 aromatic carbocycles. The van der Waals surface area contributed by atoms with Crippen molar-refractivity contribution in [1.29, 1.82) is 0 Å². The van der Waals surface area contributed by atoms with E-state index in [2.05, 4.69) is 23.8 Å². The zero-order valence-electron chi connectivity index (χ0n) is 15.9. The second-order valence-electron chi connectivity index (χ2n) is 6.91. The Morgan fingerprint density at radius 2 is 2.00 bits per heavy atom. The number of hydrogen-bond acceptors (Lipinski definition) is 6. The molecule has 0 amide bonds. The number of H-pyrrole nitrogens is 1. The van der Waals surface area contributed by atoms with Crippen LogP contribution in [0.1, 0.15) is 46.9 Å². The van der Waals surface area contributed by atoms with E-state index >= 15 is 0 Å². The molecule has 0 aliphatic carbocycles. The highest BCUT2D eigenvalue weighted by molar-refractivity contribution is 7.20. The minimum absolute atomic E-state index is 0.0298. The van der Waals surface area contributed by atoms with Gasteiger partial charge in [0.05, 0.1) is 22.8 Å². The highest BCUT2D eigenvalue weighted by Gasteiger charge is 2.14. The summed E-state index contributed by atoms with van der Waals surface area (Å²) in [6.07, 6.45) is 4.51. The number of carbonyl (C=O) groups is 1. The number of ether oxygens (including phenoxy) is 1. The van der Waals surface area contributed by atoms with Crippen LogP contribution in [0.4, 0.5) is 0 Å². The summed E-state index contributed by atoms with van der Waals surface area (Å²) in [7, 11) is 0. The van der Waals surface area contributed by atoms with Crippen LogP contribution in [0.2, 0.25) is 0 Å². The van der Waals surface area contributed by atoms with Crippen LogP contribution >= 0.6 is 11.3 Å². The molecule has 2 heterocycles. The summed E-state index contributed by atoms with van der Waals surface area (Å²) in [6, 6.07) is 7.63. The maximum absolute atomic E-state index is 12.3. The molecule has 146 valence electrons. The Hall–Kier alpha value is -2.93. The SMILES string of the molecule is Cc1c(C(=O)[O-])sc2nc(/C=C/c3ccc(OCCC(C)C)cc3)[nH]c(=O)c12. The standard InChI is InChI=1S/C21H22N2O4S/c1-12(2)10-11-27-15-7-4-14(5-8-15)6-9-16-22-19(24)17-13(3)18(21(25)26)28-20(17)23-16/h4-9,12H,10-11H2,1-3H3,(H,25,26)(H,22,23,24)/p-1/b9-6+. The summed E-state index contributed by atoms with van der Waals surface area (Å²) in [6.45, 7) is 6.58. The van der Waals surface area contributed by atoms with E-state index in [0.717, 1.165) is 29.1 Å². The molecule has 0 atom stereocenters. The Morgan fingerprint density at radius 1 is 1.29 bits per heavy atom. The van der Waals surface area contributed by atoms with E-state index in [-0.39, 0.29) is 10.4 Å². The van der Waals surface area contributed by atoms with Gasteiger partial charge >= 0.3 is 0 Å². The minimum atomic E-state index is -1.30. The highest BCUT2D eigenvalue weighted by Crippen LogP contribution is 2.26. The molecule has 7 heteroatoms. The second-order valence-corrected chi connectivity index (χ2v) is 7.91. The lowest BCUT2D eigenvalue weighted by molar-refractivity contribution is -0.254. The Morgan fingerprint density at radius 3 is 2.64 bits per heavy atom. The third-order valence-electron chi connectivity index (χ3n) is 4.28. The number of nitrogens with one attached hydrogen (secondary N) is 1. The van der Waals surface area contributed by atoms with E-state index in [9.17, 15) is 14.7 Å². The van der Waals surface area contributed by atoms with Gasteiger partial charge in [-0.2, -0.15) is 0 Å². The molecule has 0 unspecified atom stereocenters. The fraction of sp³-hybridized carbons (Fsp3) is 0.286. The fourth-order valence-corrected chi connectivity index (χ4v) is 3.72. The van der Waals surface area contributed by atoms with E-state index in [1.54, 1.807) is 13.0 Å². The first-order valence-corrected chi connectivity index (χ1v) is 9.82. The van der Waals surface area contributed by atoms with E-state index < -0.39 is 5.97 Å². The molecule has 6 nitrogen and oxygen atoms in total. The van der Waals surface area contributed by atoms with E-state index in [0.29, 0.717) is 34.1 Å². The van der Waals surface area contributed by atoms with Gasteiger partial charge in [0.1, 0.15) is 16.4 Å². The number of thiophene rings is 1. The quantitative estimate of drug-likeness (QED) is 0.660. The molecule has 0 spiro atoms. The summed E-state index contributed by atoms with van der Waals surface area (Å²) in [5.41, 5.74) is 0.953. The van der Waals surface area contributed by atoms with E-state index in [1.807, 2.05) is 30.3 Å². The number of hydrogen-bond donors (Lipinski definition) is 1. The van der Waals surface area contributed by atoms with E-state index in [4.69, 9.17) is 4.74 Å². The largest absolute Gasteiger partial charge is 0.544 e. The van der Waals surface area contributed by atoms with E-state index in [1.165, 1.54) is 0 Å². The number of aromatic amines is 1. The van der Waals surface area contributed by atoms with Crippen molar-refractivity contribution in [3.05, 3.63) is 56.4 Å². The third kappa shape index (κ3) is 4.48. The van der Waals surface area contributed by atoms with Crippen molar-refractivity contribution >= 4 is 39.7 Å². The van der Waals surface area contributed by atoms with Crippen LogP contribution in [0, 0.1) is 12.8 Å². The summed E-state index contributed by atoms with van der Waals surface area (Å²) in [5, 5.41) is 11.5. The number of carboxylic acid groups (broad SMARTS) is 1. The van der Waals surface area contributed by atoms with Crippen LogP contribution in [0.25, 0.3) is 22.4 Å². The average Bonchev–Trinajstić information content (AvgIpc) is 2.98. The number of benzene rings is 1. The molecular formula is C21H21N2O4S-. The first kappa shape index (κ1) is 19.8. The van der Waals surface area contributed by atoms with Gasteiger partial charge in [-0.25, -0.2) is 4.98 Å². The van der Waals surface area contributed by atoms with Crippen LogP contribution in [-0.2, 0) is 0 Å². The molecule has 0 radical (unpaired) electrons. The average molecular weight is 397 g/mol. The lowest BCUT2D eigenvalue weighted by Gasteiger charge is -2.08. The zero-order valence-corrected chi connectivity index (χ0v) is 16.8. The van der Waals surface area contributed by atoms with Crippen LogP contribution in [0.3, 0.4) is 0 Å². The number of rotatable bonds is 7. The number of carboxylic acids is 1. The smallest absolute Gasteiger partial charge is 0.260 e. The molecule has 1 N–H and O–H groups in total. The Labute approximate surface area is 166 Å². The molecule has 0 saturated heterocycles. The van der Waals surface area contributed by atoms with Crippen molar-refractivity contribution < 1.29 is 14.6 Å². The van der Waals surface area contributed by atoms with Gasteiger partial charge in [-0.05, 0) is 48.6 Å². The van der Waals surface area contributed by atoms with Crippen molar-refractivity contribution in [2.45, 2.75) is 27.2 Å². The maximum atomic E-state index is 12.3. The van der Waals surface area contributed by atoms with Crippen LogP contribution in [0.5, 0.6) is 5.75 Å². The molecule has 0 fully saturated rings. The monoisotopic (exact) mass is 397 g/mol. The summed E-state index contributed by atoms with van der Waals surface area (Å²) in [5.74, 6) is 0.479. The van der Waals surface area contributed by atoms with Gasteiger partial charge in [0, 0.05) is 0 Å². The maximum Gasteiger partial charge on any atom is 0.260 e. The topological polar surface area (TPSA) is 95.1 Å². The zero-order chi connectivity index (χ0) is 20.3. The van der Waals surface area contributed by atoms with Gasteiger partial charge in [-0.3, -0.25) is 4.79 Å². The number of aromatic carboxylic acids is 1. The van der Waals surface area contributed by atoms with Crippen LogP contribution < -0.4 is 15.4 Å². The van der Waals surface area contributed by atoms with Crippen molar-refractivity contribution in [2.24, 2.45) is 5.92 Å². The first-order valence-electron chi connectivity index (χ1n) is 9.01. The molecule has 2 aromatic heterocycles. The normalized spacial score (nSPS) is 11.6. The van der Waals surface area contributed by atoms with Crippen LogP contribution in [0.15, 0.2) is 29.1 Å². The lowest BCUT2D eigenvalue weighted by Crippen LogP contribution is -2.21. The predicted octanol–water partition coefficient (Wildman–Crippen LogP) is 3.25. The van der Waals surface area contributed by atoms with Gasteiger partial charge in [0.25, 0.3) is 5.56 Å². The molecular weight excluding hydrogens is 376 g/mol. The molecule has 0 saturated carbocycles. The molecule has 0 bridgehead atoms. The first-order chi connectivity index (χ1) is 13.3. The molecule has 28 heavy (non-hydrogen) atoms. The Balaban J connectivity index is 1.77. The molecule has 0 aliphatic heterocycles. The third-order valence-corrected chi connectivity index (χ3v) is 5.45. The number of nitrogens with zero attached hydrogens (tertiary/aromatic N) is 1. The number of carbonyl (C=O) groups excluding carboxylic acids is 1. The second kappa shape index (κ2) is 8.39. The summed E-state index contributed by atoms with van der Waals surface area (Å²) < 4.78 is 5.70. The molecule has 3 rings (SSSR count). The van der Waals surface area contributed by atoms with Gasteiger partial charge in [-0.15, -0.1) is 11.3 Å². The minimum Gasteiger partial charge on any atom is -0.544 e. The fourth-order valence-electron chi connectivity index (χ4n) is 2.70. The van der Waals surface area contributed by atoms with Crippen molar-refractivity contribution in [1.82, 2.24) is 9.97 Å². The lowest BCUT2D eigenvalue weighted by atomic mass is 10.1. The van der Waals surface area contributed by atoms with Crippen molar-refractivity contribution in [3.63, 3.8) is 0 Å².